The quantitative estimate of drug-likeness (QED) is 0.864. The van der Waals surface area contributed by atoms with Gasteiger partial charge in [-0.2, -0.15) is 0 Å². The third-order valence-corrected chi connectivity index (χ3v) is 4.35. The summed E-state index contributed by atoms with van der Waals surface area (Å²) in [6.45, 7) is 7.59. The number of thiophene rings is 1. The van der Waals surface area contributed by atoms with Gasteiger partial charge < -0.3 is 15.0 Å². The number of amides is 1. The van der Waals surface area contributed by atoms with Crippen molar-refractivity contribution in [2.75, 3.05) is 26.3 Å². The lowest BCUT2D eigenvalue weighted by Gasteiger charge is -2.26. The van der Waals surface area contributed by atoms with Gasteiger partial charge in [0.15, 0.2) is 0 Å². The summed E-state index contributed by atoms with van der Waals surface area (Å²) >= 11 is 1.70. The summed E-state index contributed by atoms with van der Waals surface area (Å²) in [6, 6.07) is 4.27. The molecule has 1 aromatic heterocycles. The molecule has 2 heterocycles. The maximum absolute atomic E-state index is 12.6. The van der Waals surface area contributed by atoms with Gasteiger partial charge in [-0.1, -0.05) is 13.0 Å². The van der Waals surface area contributed by atoms with Crippen LogP contribution in [0.3, 0.4) is 0 Å². The molecule has 5 heteroatoms. The van der Waals surface area contributed by atoms with E-state index in [9.17, 15) is 4.79 Å². The largest absolute Gasteiger partial charge is 0.379 e. The monoisotopic (exact) mass is 282 g/mol. The Morgan fingerprint density at radius 3 is 3.00 bits per heavy atom. The minimum Gasteiger partial charge on any atom is -0.379 e. The van der Waals surface area contributed by atoms with Crippen molar-refractivity contribution < 1.29 is 9.53 Å². The third-order valence-electron chi connectivity index (χ3n) is 3.48. The average molecular weight is 282 g/mol. The van der Waals surface area contributed by atoms with E-state index in [-0.39, 0.29) is 17.9 Å². The molecule has 1 amide bonds. The van der Waals surface area contributed by atoms with Gasteiger partial charge in [-0.15, -0.1) is 11.3 Å². The summed E-state index contributed by atoms with van der Waals surface area (Å²) in [5.74, 6) is 0.166. The van der Waals surface area contributed by atoms with Gasteiger partial charge in [0.05, 0.1) is 25.7 Å². The van der Waals surface area contributed by atoms with E-state index in [1.54, 1.807) is 11.3 Å². The van der Waals surface area contributed by atoms with Gasteiger partial charge in [-0.25, -0.2) is 0 Å². The molecule has 0 spiro atoms. The van der Waals surface area contributed by atoms with Gasteiger partial charge in [-0.3, -0.25) is 4.79 Å². The zero-order valence-corrected chi connectivity index (χ0v) is 12.4. The van der Waals surface area contributed by atoms with E-state index in [2.05, 4.69) is 18.3 Å². The van der Waals surface area contributed by atoms with Crippen LogP contribution in [0.15, 0.2) is 17.5 Å². The van der Waals surface area contributed by atoms with Crippen LogP contribution in [0, 0.1) is 5.92 Å². The molecule has 1 N–H and O–H groups in total. The summed E-state index contributed by atoms with van der Waals surface area (Å²) in [6.07, 6.45) is 0. The maximum Gasteiger partial charge on any atom is 0.230 e. The molecule has 1 fully saturated rings. The Morgan fingerprint density at radius 2 is 2.37 bits per heavy atom. The van der Waals surface area contributed by atoms with Crippen LogP contribution in [0.5, 0.6) is 0 Å². The molecule has 106 valence electrons. The number of nitrogens with zero attached hydrogens (tertiary/aromatic N) is 1. The van der Waals surface area contributed by atoms with E-state index in [1.165, 1.54) is 4.88 Å². The normalized spacial score (nSPS) is 22.6. The summed E-state index contributed by atoms with van der Waals surface area (Å²) < 4.78 is 5.47. The predicted octanol–water partition coefficient (Wildman–Crippen LogP) is 1.72. The molecule has 0 saturated carbocycles. The van der Waals surface area contributed by atoms with Crippen molar-refractivity contribution in [3.63, 3.8) is 0 Å². The summed E-state index contributed by atoms with van der Waals surface area (Å²) in [4.78, 5) is 15.8. The van der Waals surface area contributed by atoms with Gasteiger partial charge in [-0.05, 0) is 24.9 Å². The van der Waals surface area contributed by atoms with Gasteiger partial charge in [0.1, 0.15) is 0 Å². The first-order valence-corrected chi connectivity index (χ1v) is 7.76. The number of carbonyl (C=O) groups excluding carboxylic acids is 1. The lowest BCUT2D eigenvalue weighted by molar-refractivity contribution is -0.136. The zero-order chi connectivity index (χ0) is 13.7. The van der Waals surface area contributed by atoms with Gasteiger partial charge in [0, 0.05) is 17.5 Å². The van der Waals surface area contributed by atoms with Gasteiger partial charge >= 0.3 is 0 Å². The summed E-state index contributed by atoms with van der Waals surface area (Å²) in [7, 11) is 0. The molecule has 19 heavy (non-hydrogen) atoms. The lowest BCUT2D eigenvalue weighted by atomic mass is 10.0. The number of hydrogen-bond acceptors (Lipinski definition) is 4. The molecule has 0 aromatic carbocycles. The van der Waals surface area contributed by atoms with Crippen LogP contribution < -0.4 is 5.32 Å². The second kappa shape index (κ2) is 7.03. The molecular weight excluding hydrogens is 260 g/mol. The third kappa shape index (κ3) is 3.55. The summed E-state index contributed by atoms with van der Waals surface area (Å²) in [5.41, 5.74) is 0. The van der Waals surface area contributed by atoms with E-state index in [0.29, 0.717) is 19.8 Å². The Hall–Kier alpha value is -0.910. The van der Waals surface area contributed by atoms with Crippen LogP contribution in [-0.4, -0.2) is 43.2 Å². The molecule has 2 rings (SSSR count). The summed E-state index contributed by atoms with van der Waals surface area (Å²) in [5, 5.41) is 5.39. The number of nitrogens with one attached hydrogen (secondary N) is 1. The van der Waals surface area contributed by atoms with Crippen molar-refractivity contribution >= 4 is 17.2 Å². The predicted molar refractivity (Wildman–Crippen MR) is 77.2 cm³/mol. The van der Waals surface area contributed by atoms with Crippen LogP contribution >= 0.6 is 11.3 Å². The molecule has 2 atom stereocenters. The molecule has 2 unspecified atom stereocenters. The Bertz CT molecular complexity index is 394. The highest BCUT2D eigenvalue weighted by Crippen LogP contribution is 2.19. The fourth-order valence-corrected chi connectivity index (χ4v) is 3.15. The minimum atomic E-state index is -0.0418. The lowest BCUT2D eigenvalue weighted by Crippen LogP contribution is -2.45. The molecule has 1 saturated heterocycles. The van der Waals surface area contributed by atoms with Crippen molar-refractivity contribution in [1.29, 1.82) is 0 Å². The van der Waals surface area contributed by atoms with Gasteiger partial charge in [0.2, 0.25) is 5.91 Å². The first-order valence-electron chi connectivity index (χ1n) is 6.88. The molecular formula is C14H22N2O2S. The van der Waals surface area contributed by atoms with Crippen molar-refractivity contribution in [2.24, 2.45) is 5.92 Å². The molecule has 0 aliphatic carbocycles. The number of carbonyl (C=O) groups is 1. The molecule has 1 aromatic rings. The first kappa shape index (κ1) is 14.5. The number of hydrogen-bond donors (Lipinski definition) is 1. The average Bonchev–Trinajstić information content (AvgIpc) is 3.06. The molecule has 0 radical (unpaired) electrons. The van der Waals surface area contributed by atoms with Crippen LogP contribution in [0.4, 0.5) is 0 Å². The van der Waals surface area contributed by atoms with Crippen molar-refractivity contribution in [1.82, 2.24) is 10.2 Å². The van der Waals surface area contributed by atoms with Crippen LogP contribution in [-0.2, 0) is 16.1 Å². The van der Waals surface area contributed by atoms with Crippen LogP contribution in [0.2, 0.25) is 0 Å². The highest BCUT2D eigenvalue weighted by atomic mass is 32.1. The molecule has 0 bridgehead atoms. The Kier molecular flexibility index (Phi) is 5.36. The van der Waals surface area contributed by atoms with Crippen molar-refractivity contribution in [2.45, 2.75) is 26.4 Å². The van der Waals surface area contributed by atoms with Gasteiger partial charge in [0.25, 0.3) is 0 Å². The maximum atomic E-state index is 12.6. The SMILES string of the molecule is CCNC1COCC1C(=O)N(CC)Cc1cccs1. The topological polar surface area (TPSA) is 41.6 Å². The van der Waals surface area contributed by atoms with E-state index in [0.717, 1.165) is 13.1 Å². The van der Waals surface area contributed by atoms with E-state index >= 15 is 0 Å². The van der Waals surface area contributed by atoms with E-state index in [1.807, 2.05) is 23.3 Å². The first-order chi connectivity index (χ1) is 9.26. The molecule has 1 aliphatic rings. The number of rotatable bonds is 6. The minimum absolute atomic E-state index is 0.0418. The second-order valence-electron chi connectivity index (χ2n) is 4.74. The highest BCUT2D eigenvalue weighted by molar-refractivity contribution is 7.09. The van der Waals surface area contributed by atoms with Crippen molar-refractivity contribution in [3.8, 4) is 0 Å². The van der Waals surface area contributed by atoms with E-state index < -0.39 is 0 Å². The Morgan fingerprint density at radius 1 is 1.53 bits per heavy atom. The molecule has 1 aliphatic heterocycles. The standard InChI is InChI=1S/C14H22N2O2S/c1-3-15-13-10-18-9-12(13)14(17)16(4-2)8-11-6-5-7-19-11/h5-7,12-13,15H,3-4,8-10H2,1-2H3. The highest BCUT2D eigenvalue weighted by Gasteiger charge is 2.35. The number of ether oxygens (including phenoxy) is 1. The van der Waals surface area contributed by atoms with Crippen LogP contribution in [0.1, 0.15) is 18.7 Å². The Balaban J connectivity index is 1.99. The fraction of sp³-hybridized carbons (Fsp3) is 0.643. The van der Waals surface area contributed by atoms with E-state index in [4.69, 9.17) is 4.74 Å². The number of likely N-dealkylation sites (N-methyl/N-ethyl adjacent to an activating group) is 1. The smallest absolute Gasteiger partial charge is 0.230 e. The second-order valence-corrected chi connectivity index (χ2v) is 5.77. The molecule has 4 nitrogen and oxygen atoms in total. The van der Waals surface area contributed by atoms with Crippen LogP contribution in [0.25, 0.3) is 0 Å². The fourth-order valence-electron chi connectivity index (χ4n) is 2.43. The van der Waals surface area contributed by atoms with Crippen molar-refractivity contribution in [3.05, 3.63) is 22.4 Å². The zero-order valence-electron chi connectivity index (χ0n) is 11.6. The Labute approximate surface area is 118 Å².